The Morgan fingerprint density at radius 1 is 0.824 bits per heavy atom. The lowest BCUT2D eigenvalue weighted by molar-refractivity contribution is -0.118. The SMILES string of the molecule is CCCCCOC(=O)c1ccc(NC(=O)COc2ccc(C(C)(C)c3ccccc3)cc2)cc1. The molecular weight excluding hydrogens is 426 g/mol. The molecule has 1 amide bonds. The molecular formula is C29H33NO4. The lowest BCUT2D eigenvalue weighted by atomic mass is 9.78. The predicted octanol–water partition coefficient (Wildman–Crippen LogP) is 6.38. The zero-order chi connectivity index (χ0) is 24.4. The number of unbranched alkanes of at least 4 members (excludes halogenated alkanes) is 2. The van der Waals surface area contributed by atoms with E-state index in [2.05, 4.69) is 38.2 Å². The highest BCUT2D eigenvalue weighted by atomic mass is 16.5. The minimum absolute atomic E-state index is 0.108. The van der Waals surface area contributed by atoms with Crippen LogP contribution in [0.15, 0.2) is 78.9 Å². The topological polar surface area (TPSA) is 64.6 Å². The zero-order valence-electron chi connectivity index (χ0n) is 20.2. The first-order valence-electron chi connectivity index (χ1n) is 11.8. The Morgan fingerprint density at radius 2 is 1.47 bits per heavy atom. The molecule has 3 rings (SSSR count). The molecule has 178 valence electrons. The van der Waals surface area contributed by atoms with Gasteiger partial charge in [-0.2, -0.15) is 0 Å². The minimum atomic E-state index is -0.351. The summed E-state index contributed by atoms with van der Waals surface area (Å²) >= 11 is 0. The predicted molar refractivity (Wildman–Crippen MR) is 135 cm³/mol. The van der Waals surface area contributed by atoms with Crippen molar-refractivity contribution in [2.45, 2.75) is 45.4 Å². The van der Waals surface area contributed by atoms with E-state index in [9.17, 15) is 9.59 Å². The van der Waals surface area contributed by atoms with Gasteiger partial charge in [0.1, 0.15) is 5.75 Å². The molecule has 0 spiro atoms. The second-order valence-electron chi connectivity index (χ2n) is 8.77. The standard InChI is InChI=1S/C29H33NO4/c1-4-5-9-20-33-28(32)22-12-16-25(17-13-22)30-27(31)21-34-26-18-14-24(15-19-26)29(2,3)23-10-7-6-8-11-23/h6-8,10-19H,4-5,9,20-21H2,1-3H3,(H,30,31). The van der Waals surface area contributed by atoms with Crippen molar-refractivity contribution in [2.24, 2.45) is 0 Å². The molecule has 5 nitrogen and oxygen atoms in total. The average molecular weight is 460 g/mol. The van der Waals surface area contributed by atoms with Crippen molar-refractivity contribution in [1.29, 1.82) is 0 Å². The van der Waals surface area contributed by atoms with Crippen molar-refractivity contribution in [2.75, 3.05) is 18.5 Å². The van der Waals surface area contributed by atoms with Gasteiger partial charge >= 0.3 is 5.97 Å². The number of carbonyl (C=O) groups excluding carboxylic acids is 2. The highest BCUT2D eigenvalue weighted by Gasteiger charge is 2.22. The number of esters is 1. The van der Waals surface area contributed by atoms with Crippen LogP contribution in [0.2, 0.25) is 0 Å². The van der Waals surface area contributed by atoms with Gasteiger partial charge in [0.25, 0.3) is 5.91 Å². The Kier molecular flexibility index (Phi) is 8.86. The van der Waals surface area contributed by atoms with E-state index in [0.717, 1.165) is 19.3 Å². The molecule has 1 N–H and O–H groups in total. The fourth-order valence-electron chi connectivity index (χ4n) is 3.63. The number of anilines is 1. The van der Waals surface area contributed by atoms with Crippen molar-refractivity contribution in [1.82, 2.24) is 0 Å². The second-order valence-corrected chi connectivity index (χ2v) is 8.77. The molecule has 5 heteroatoms. The summed E-state index contributed by atoms with van der Waals surface area (Å²) in [5.41, 5.74) is 3.32. The van der Waals surface area contributed by atoms with E-state index in [4.69, 9.17) is 9.47 Å². The molecule has 0 saturated carbocycles. The molecule has 0 aromatic heterocycles. The van der Waals surface area contributed by atoms with Gasteiger partial charge < -0.3 is 14.8 Å². The molecule has 0 aliphatic heterocycles. The summed E-state index contributed by atoms with van der Waals surface area (Å²) in [5, 5.41) is 2.78. The summed E-state index contributed by atoms with van der Waals surface area (Å²) in [4.78, 5) is 24.3. The van der Waals surface area contributed by atoms with Crippen LogP contribution in [0.5, 0.6) is 5.75 Å². The number of hydrogen-bond acceptors (Lipinski definition) is 4. The number of nitrogens with one attached hydrogen (secondary N) is 1. The normalized spacial score (nSPS) is 11.0. The summed E-state index contributed by atoms with van der Waals surface area (Å²) in [6, 6.07) is 24.8. The summed E-state index contributed by atoms with van der Waals surface area (Å²) in [5.74, 6) is 0.00344. The van der Waals surface area contributed by atoms with Crippen LogP contribution in [0, 0.1) is 0 Å². The molecule has 34 heavy (non-hydrogen) atoms. The van der Waals surface area contributed by atoms with Gasteiger partial charge in [0, 0.05) is 11.1 Å². The molecule has 0 atom stereocenters. The maximum absolute atomic E-state index is 12.3. The van der Waals surface area contributed by atoms with Crippen LogP contribution in [-0.2, 0) is 14.9 Å². The fourth-order valence-corrected chi connectivity index (χ4v) is 3.63. The van der Waals surface area contributed by atoms with Gasteiger partial charge in [-0.05, 0) is 53.9 Å². The molecule has 0 radical (unpaired) electrons. The fraction of sp³-hybridized carbons (Fsp3) is 0.310. The summed E-state index contributed by atoms with van der Waals surface area (Å²) < 4.78 is 10.9. The van der Waals surface area contributed by atoms with E-state index in [1.54, 1.807) is 24.3 Å². The minimum Gasteiger partial charge on any atom is -0.484 e. The van der Waals surface area contributed by atoms with Crippen molar-refractivity contribution < 1.29 is 19.1 Å². The Morgan fingerprint density at radius 3 is 2.12 bits per heavy atom. The first-order chi connectivity index (χ1) is 16.4. The van der Waals surface area contributed by atoms with E-state index < -0.39 is 0 Å². The lowest BCUT2D eigenvalue weighted by Gasteiger charge is -2.26. The molecule has 3 aromatic carbocycles. The van der Waals surface area contributed by atoms with Gasteiger partial charge in [-0.15, -0.1) is 0 Å². The third kappa shape index (κ3) is 6.95. The number of benzene rings is 3. The van der Waals surface area contributed by atoms with Gasteiger partial charge in [0.05, 0.1) is 12.2 Å². The number of hydrogen-bond donors (Lipinski definition) is 1. The van der Waals surface area contributed by atoms with Crippen molar-refractivity contribution in [3.05, 3.63) is 95.6 Å². The molecule has 3 aromatic rings. The smallest absolute Gasteiger partial charge is 0.338 e. The van der Waals surface area contributed by atoms with Crippen LogP contribution >= 0.6 is 0 Å². The van der Waals surface area contributed by atoms with E-state index in [-0.39, 0.29) is 23.9 Å². The van der Waals surface area contributed by atoms with Crippen LogP contribution in [0.4, 0.5) is 5.69 Å². The number of ether oxygens (including phenoxy) is 2. The zero-order valence-corrected chi connectivity index (χ0v) is 20.2. The molecule has 0 aliphatic rings. The van der Waals surface area contributed by atoms with Gasteiger partial charge in [-0.1, -0.05) is 76.1 Å². The van der Waals surface area contributed by atoms with Gasteiger partial charge in [-0.3, -0.25) is 4.79 Å². The van der Waals surface area contributed by atoms with E-state index in [1.807, 2.05) is 42.5 Å². The highest BCUT2D eigenvalue weighted by molar-refractivity contribution is 5.93. The Hall–Kier alpha value is -3.60. The molecule has 0 fully saturated rings. The number of carbonyl (C=O) groups is 2. The quantitative estimate of drug-likeness (QED) is 0.267. The largest absolute Gasteiger partial charge is 0.484 e. The van der Waals surface area contributed by atoms with E-state index in [0.29, 0.717) is 23.6 Å². The highest BCUT2D eigenvalue weighted by Crippen LogP contribution is 2.32. The summed E-state index contributed by atoms with van der Waals surface area (Å²) in [7, 11) is 0. The van der Waals surface area contributed by atoms with Crippen molar-refractivity contribution in [3.8, 4) is 5.75 Å². The summed E-state index contributed by atoms with van der Waals surface area (Å²) in [6.07, 6.45) is 2.98. The van der Waals surface area contributed by atoms with E-state index >= 15 is 0 Å². The molecule has 0 saturated heterocycles. The molecule has 0 aliphatic carbocycles. The van der Waals surface area contributed by atoms with Crippen LogP contribution < -0.4 is 10.1 Å². The van der Waals surface area contributed by atoms with E-state index in [1.165, 1.54) is 11.1 Å². The van der Waals surface area contributed by atoms with Crippen LogP contribution in [0.3, 0.4) is 0 Å². The molecule has 0 unspecified atom stereocenters. The van der Waals surface area contributed by atoms with Crippen molar-refractivity contribution in [3.63, 3.8) is 0 Å². The third-order valence-electron chi connectivity index (χ3n) is 5.83. The lowest BCUT2D eigenvalue weighted by Crippen LogP contribution is -2.20. The van der Waals surface area contributed by atoms with Crippen molar-refractivity contribution >= 4 is 17.6 Å². The first kappa shape index (κ1) is 25.0. The molecule has 0 bridgehead atoms. The maximum Gasteiger partial charge on any atom is 0.338 e. The number of rotatable bonds is 11. The summed E-state index contributed by atoms with van der Waals surface area (Å²) in [6.45, 7) is 6.78. The Labute approximate surface area is 202 Å². The second kappa shape index (κ2) is 12.0. The first-order valence-corrected chi connectivity index (χ1v) is 11.8. The Bertz CT molecular complexity index is 1060. The average Bonchev–Trinajstić information content (AvgIpc) is 2.86. The molecule has 0 heterocycles. The number of amides is 1. The van der Waals surface area contributed by atoms with Crippen LogP contribution in [-0.4, -0.2) is 25.1 Å². The third-order valence-corrected chi connectivity index (χ3v) is 5.83. The van der Waals surface area contributed by atoms with Gasteiger partial charge in [0.15, 0.2) is 6.61 Å². The monoisotopic (exact) mass is 459 g/mol. The van der Waals surface area contributed by atoms with Gasteiger partial charge in [-0.25, -0.2) is 4.79 Å². The Balaban J connectivity index is 1.48. The van der Waals surface area contributed by atoms with Gasteiger partial charge in [0.2, 0.25) is 0 Å². The van der Waals surface area contributed by atoms with Crippen LogP contribution in [0.25, 0.3) is 0 Å². The maximum atomic E-state index is 12.3. The van der Waals surface area contributed by atoms with Crippen LogP contribution in [0.1, 0.15) is 61.5 Å².